The summed E-state index contributed by atoms with van der Waals surface area (Å²) in [6, 6.07) is 3.95. The molecule has 1 aromatic heterocycles. The van der Waals surface area contributed by atoms with Crippen LogP contribution in [0.5, 0.6) is 0 Å². The number of rotatable bonds is 2. The predicted molar refractivity (Wildman–Crippen MR) is 65.8 cm³/mol. The number of benzene rings is 1. The Morgan fingerprint density at radius 1 is 1.53 bits per heavy atom. The van der Waals surface area contributed by atoms with Gasteiger partial charge in [-0.1, -0.05) is 11.6 Å². The molecular formula is C11H7BrClFN2O. The van der Waals surface area contributed by atoms with Gasteiger partial charge >= 0.3 is 0 Å². The van der Waals surface area contributed by atoms with Crippen molar-refractivity contribution in [2.45, 2.75) is 0 Å². The van der Waals surface area contributed by atoms with Crippen LogP contribution in [0, 0.1) is 5.82 Å². The van der Waals surface area contributed by atoms with E-state index in [1.165, 1.54) is 23.0 Å². The maximum atomic E-state index is 13.6. The fourth-order valence-electron chi connectivity index (χ4n) is 1.47. The van der Waals surface area contributed by atoms with E-state index in [2.05, 4.69) is 21.0 Å². The third-order valence-electron chi connectivity index (χ3n) is 2.28. The zero-order chi connectivity index (χ0) is 12.6. The molecule has 6 heteroatoms. The van der Waals surface area contributed by atoms with Crippen LogP contribution >= 0.6 is 27.5 Å². The molecule has 0 aliphatic carbocycles. The number of hydrogen-bond donors (Lipinski definition) is 0. The summed E-state index contributed by atoms with van der Waals surface area (Å²) in [5, 5.41) is 4.16. The number of hydrogen-bond acceptors (Lipinski definition) is 2. The lowest BCUT2D eigenvalue weighted by molar-refractivity contribution is 0.102. The minimum Gasteiger partial charge on any atom is -0.287 e. The normalized spacial score (nSPS) is 10.6. The molecule has 2 aromatic rings. The van der Waals surface area contributed by atoms with Crippen molar-refractivity contribution in [2.75, 3.05) is 0 Å². The number of ketones is 1. The summed E-state index contributed by atoms with van der Waals surface area (Å²) in [7, 11) is 1.62. The molecule has 0 bridgehead atoms. The monoisotopic (exact) mass is 316 g/mol. The van der Waals surface area contributed by atoms with Crippen molar-refractivity contribution < 1.29 is 9.18 Å². The number of nitrogens with zero attached hydrogens (tertiary/aromatic N) is 2. The van der Waals surface area contributed by atoms with E-state index in [0.29, 0.717) is 10.2 Å². The number of aromatic nitrogens is 2. The Morgan fingerprint density at radius 3 is 2.76 bits per heavy atom. The summed E-state index contributed by atoms with van der Waals surface area (Å²) < 4.78 is 15.5. The van der Waals surface area contributed by atoms with Gasteiger partial charge in [-0.05, 0) is 34.1 Å². The van der Waals surface area contributed by atoms with Gasteiger partial charge in [0.2, 0.25) is 5.78 Å². The maximum absolute atomic E-state index is 13.6. The summed E-state index contributed by atoms with van der Waals surface area (Å²) in [6.45, 7) is 0. The Hall–Kier alpha value is -1.20. The molecule has 1 aromatic carbocycles. The van der Waals surface area contributed by atoms with Crippen LogP contribution in [0.1, 0.15) is 16.1 Å². The molecule has 3 nitrogen and oxygen atoms in total. The van der Waals surface area contributed by atoms with E-state index in [1.54, 1.807) is 7.05 Å². The van der Waals surface area contributed by atoms with Crippen LogP contribution in [0.15, 0.2) is 28.9 Å². The fraction of sp³-hybridized carbons (Fsp3) is 0.0909. The van der Waals surface area contributed by atoms with E-state index < -0.39 is 11.6 Å². The SMILES string of the molecule is Cn1ncc(Br)c1C(=O)c1ccc(Cl)cc1F. The molecule has 1 heterocycles. The van der Waals surface area contributed by atoms with Gasteiger partial charge in [-0.25, -0.2) is 4.39 Å². The molecule has 17 heavy (non-hydrogen) atoms. The molecule has 0 atom stereocenters. The number of carbonyl (C=O) groups excluding carboxylic acids is 1. The zero-order valence-corrected chi connectivity index (χ0v) is 11.1. The molecule has 0 amide bonds. The second-order valence-electron chi connectivity index (χ2n) is 3.42. The van der Waals surface area contributed by atoms with Gasteiger partial charge < -0.3 is 0 Å². The van der Waals surface area contributed by atoms with E-state index in [9.17, 15) is 9.18 Å². The first-order valence-electron chi connectivity index (χ1n) is 4.68. The zero-order valence-electron chi connectivity index (χ0n) is 8.75. The fourth-order valence-corrected chi connectivity index (χ4v) is 2.15. The highest BCUT2D eigenvalue weighted by Crippen LogP contribution is 2.22. The van der Waals surface area contributed by atoms with Gasteiger partial charge in [0, 0.05) is 12.1 Å². The summed E-state index contributed by atoms with van der Waals surface area (Å²) in [5.74, 6) is -1.08. The highest BCUT2D eigenvalue weighted by atomic mass is 79.9. The third-order valence-corrected chi connectivity index (χ3v) is 3.10. The molecule has 0 unspecified atom stereocenters. The van der Waals surface area contributed by atoms with E-state index in [-0.39, 0.29) is 10.6 Å². The molecule has 88 valence electrons. The lowest BCUT2D eigenvalue weighted by Gasteiger charge is -2.04. The highest BCUT2D eigenvalue weighted by Gasteiger charge is 2.20. The molecule has 0 fully saturated rings. The first-order valence-corrected chi connectivity index (χ1v) is 5.85. The second kappa shape index (κ2) is 4.58. The van der Waals surface area contributed by atoms with Gasteiger partial charge in [0.05, 0.1) is 16.2 Å². The summed E-state index contributed by atoms with van der Waals surface area (Å²) in [4.78, 5) is 12.1. The first-order chi connectivity index (χ1) is 8.00. The largest absolute Gasteiger partial charge is 0.287 e. The van der Waals surface area contributed by atoms with Crippen LogP contribution in [0.3, 0.4) is 0 Å². The third kappa shape index (κ3) is 2.25. The average molecular weight is 318 g/mol. The number of carbonyl (C=O) groups is 1. The van der Waals surface area contributed by atoms with Gasteiger partial charge in [0.25, 0.3) is 0 Å². The van der Waals surface area contributed by atoms with E-state index >= 15 is 0 Å². The van der Waals surface area contributed by atoms with Crippen molar-refractivity contribution >= 4 is 33.3 Å². The average Bonchev–Trinajstić information content (AvgIpc) is 2.58. The van der Waals surface area contributed by atoms with E-state index in [4.69, 9.17) is 11.6 Å². The Kier molecular flexibility index (Phi) is 3.31. The van der Waals surface area contributed by atoms with Crippen LogP contribution in [0.4, 0.5) is 4.39 Å². The molecule has 2 rings (SSSR count). The van der Waals surface area contributed by atoms with Crippen molar-refractivity contribution in [1.82, 2.24) is 9.78 Å². The quantitative estimate of drug-likeness (QED) is 0.797. The van der Waals surface area contributed by atoms with Crippen molar-refractivity contribution in [3.63, 3.8) is 0 Å². The van der Waals surface area contributed by atoms with Crippen molar-refractivity contribution in [3.05, 3.63) is 51.0 Å². The number of aryl methyl sites for hydroxylation is 1. The van der Waals surface area contributed by atoms with Crippen LogP contribution in [0.25, 0.3) is 0 Å². The lowest BCUT2D eigenvalue weighted by Crippen LogP contribution is -2.10. The maximum Gasteiger partial charge on any atom is 0.215 e. The lowest BCUT2D eigenvalue weighted by atomic mass is 10.1. The van der Waals surface area contributed by atoms with Crippen LogP contribution in [-0.4, -0.2) is 15.6 Å². The minimum atomic E-state index is -0.643. The number of halogens is 3. The Bertz CT molecular complexity index is 578. The second-order valence-corrected chi connectivity index (χ2v) is 4.71. The van der Waals surface area contributed by atoms with Crippen LogP contribution < -0.4 is 0 Å². The van der Waals surface area contributed by atoms with Gasteiger partial charge in [-0.2, -0.15) is 5.10 Å². The molecule has 0 saturated carbocycles. The highest BCUT2D eigenvalue weighted by molar-refractivity contribution is 9.10. The van der Waals surface area contributed by atoms with Crippen LogP contribution in [0.2, 0.25) is 5.02 Å². The van der Waals surface area contributed by atoms with Gasteiger partial charge in [-0.15, -0.1) is 0 Å². The molecule has 0 aliphatic rings. The van der Waals surface area contributed by atoms with Crippen LogP contribution in [-0.2, 0) is 7.05 Å². The molecule has 0 aliphatic heterocycles. The smallest absolute Gasteiger partial charge is 0.215 e. The Labute approximate surface area is 110 Å². The summed E-state index contributed by atoms with van der Waals surface area (Å²) in [6.07, 6.45) is 1.49. The molecule has 0 spiro atoms. The Balaban J connectivity index is 2.51. The summed E-state index contributed by atoms with van der Waals surface area (Å²) in [5.41, 5.74) is 0.268. The standard InChI is InChI=1S/C11H7BrClFN2O/c1-16-10(8(12)5-15-16)11(17)7-3-2-6(13)4-9(7)14/h2-5H,1H3. The Morgan fingerprint density at radius 2 is 2.24 bits per heavy atom. The molecule has 0 saturated heterocycles. The van der Waals surface area contributed by atoms with Crippen molar-refractivity contribution in [1.29, 1.82) is 0 Å². The van der Waals surface area contributed by atoms with Crippen molar-refractivity contribution in [2.24, 2.45) is 7.05 Å². The van der Waals surface area contributed by atoms with Crippen molar-refractivity contribution in [3.8, 4) is 0 Å². The van der Waals surface area contributed by atoms with Gasteiger partial charge in [0.15, 0.2) is 0 Å². The topological polar surface area (TPSA) is 34.9 Å². The van der Waals surface area contributed by atoms with E-state index in [1.807, 2.05) is 0 Å². The van der Waals surface area contributed by atoms with Gasteiger partial charge in [0.1, 0.15) is 11.5 Å². The molecule has 0 N–H and O–H groups in total. The first kappa shape index (κ1) is 12.3. The molecular weight excluding hydrogens is 310 g/mol. The minimum absolute atomic E-state index is 0.0290. The molecule has 0 radical (unpaired) electrons. The predicted octanol–water partition coefficient (Wildman–Crippen LogP) is 3.21. The summed E-state index contributed by atoms with van der Waals surface area (Å²) >= 11 is 8.83. The van der Waals surface area contributed by atoms with Gasteiger partial charge in [-0.3, -0.25) is 9.48 Å². The van der Waals surface area contributed by atoms with E-state index in [0.717, 1.165) is 6.07 Å².